The molecule has 1 amide bonds. The molecule has 1 aliphatic rings. The van der Waals surface area contributed by atoms with Gasteiger partial charge in [0.1, 0.15) is 0 Å². The molecule has 122 valence electrons. The Kier molecular flexibility index (Phi) is 4.40. The number of hydrogen-bond donors (Lipinski definition) is 3. The summed E-state index contributed by atoms with van der Waals surface area (Å²) in [7, 11) is 0. The minimum Gasteiger partial charge on any atom is -0.391 e. The maximum Gasteiger partial charge on any atom is 0.252 e. The number of carbonyl (C=O) groups excluding carboxylic acids is 1. The Morgan fingerprint density at radius 2 is 2.26 bits per heavy atom. The van der Waals surface area contributed by atoms with Crippen LogP contribution in [0.15, 0.2) is 24.4 Å². The van der Waals surface area contributed by atoms with E-state index in [1.807, 2.05) is 19.9 Å². The van der Waals surface area contributed by atoms with Gasteiger partial charge in [0.15, 0.2) is 5.82 Å². The van der Waals surface area contributed by atoms with Crippen molar-refractivity contribution in [2.24, 2.45) is 5.92 Å². The number of aryl methyl sites for hydroxylation is 2. The standard InChI is InChI=1S/C16H21N5O2/c1-10-5-11(2)21(20-10)15-4-3-12(7-18-15)16(23)19-8-13-6-17-9-14(13)22/h3-5,7,13-14,17,22H,6,8-9H2,1-2H3,(H,19,23). The van der Waals surface area contributed by atoms with Crippen LogP contribution in [0.2, 0.25) is 0 Å². The van der Waals surface area contributed by atoms with E-state index < -0.39 is 6.10 Å². The summed E-state index contributed by atoms with van der Waals surface area (Å²) in [5.74, 6) is 0.556. The molecule has 1 aliphatic heterocycles. The van der Waals surface area contributed by atoms with Gasteiger partial charge in [-0.3, -0.25) is 4.79 Å². The minimum atomic E-state index is -0.401. The molecule has 2 atom stereocenters. The molecular weight excluding hydrogens is 294 g/mol. The zero-order chi connectivity index (χ0) is 16.4. The largest absolute Gasteiger partial charge is 0.391 e. The van der Waals surface area contributed by atoms with Crippen molar-refractivity contribution in [1.82, 2.24) is 25.4 Å². The van der Waals surface area contributed by atoms with Gasteiger partial charge in [-0.15, -0.1) is 0 Å². The highest BCUT2D eigenvalue weighted by Crippen LogP contribution is 2.11. The van der Waals surface area contributed by atoms with Gasteiger partial charge in [-0.1, -0.05) is 0 Å². The molecule has 7 heteroatoms. The fourth-order valence-corrected chi connectivity index (χ4v) is 2.76. The van der Waals surface area contributed by atoms with Crippen molar-refractivity contribution < 1.29 is 9.90 Å². The average molecular weight is 315 g/mol. The third-order valence-corrected chi connectivity index (χ3v) is 4.07. The van der Waals surface area contributed by atoms with Crippen molar-refractivity contribution >= 4 is 5.91 Å². The Bertz CT molecular complexity index is 695. The Morgan fingerprint density at radius 3 is 2.83 bits per heavy atom. The van der Waals surface area contributed by atoms with Crippen molar-refractivity contribution in [3.8, 4) is 5.82 Å². The summed E-state index contributed by atoms with van der Waals surface area (Å²) in [6, 6.07) is 5.49. The van der Waals surface area contributed by atoms with E-state index >= 15 is 0 Å². The summed E-state index contributed by atoms with van der Waals surface area (Å²) in [5, 5.41) is 20.0. The SMILES string of the molecule is Cc1cc(C)n(-c2ccc(C(=O)NCC3CNCC3O)cn2)n1. The van der Waals surface area contributed by atoms with Gasteiger partial charge in [0.2, 0.25) is 0 Å². The topological polar surface area (TPSA) is 92.1 Å². The van der Waals surface area contributed by atoms with Gasteiger partial charge in [-0.25, -0.2) is 9.67 Å². The molecule has 3 rings (SSSR count). The molecule has 0 radical (unpaired) electrons. The number of aliphatic hydroxyl groups excluding tert-OH is 1. The van der Waals surface area contributed by atoms with Gasteiger partial charge in [-0.05, 0) is 32.0 Å². The maximum atomic E-state index is 12.2. The number of rotatable bonds is 4. The summed E-state index contributed by atoms with van der Waals surface area (Å²) in [4.78, 5) is 16.5. The molecule has 0 spiro atoms. The summed E-state index contributed by atoms with van der Waals surface area (Å²) >= 11 is 0. The van der Waals surface area contributed by atoms with Crippen LogP contribution in [-0.2, 0) is 0 Å². The highest BCUT2D eigenvalue weighted by Gasteiger charge is 2.25. The summed E-state index contributed by atoms with van der Waals surface area (Å²) in [6.07, 6.45) is 1.14. The van der Waals surface area contributed by atoms with Crippen molar-refractivity contribution in [3.05, 3.63) is 41.3 Å². The second-order valence-corrected chi connectivity index (χ2v) is 5.94. The number of aliphatic hydroxyl groups is 1. The Morgan fingerprint density at radius 1 is 1.43 bits per heavy atom. The van der Waals surface area contributed by atoms with Crippen LogP contribution in [0.4, 0.5) is 0 Å². The van der Waals surface area contributed by atoms with Crippen molar-refractivity contribution in [2.45, 2.75) is 20.0 Å². The Balaban J connectivity index is 1.64. The molecule has 0 saturated carbocycles. The van der Waals surface area contributed by atoms with E-state index in [2.05, 4.69) is 20.7 Å². The maximum absolute atomic E-state index is 12.2. The third-order valence-electron chi connectivity index (χ3n) is 4.07. The lowest BCUT2D eigenvalue weighted by molar-refractivity contribution is 0.0926. The molecule has 23 heavy (non-hydrogen) atoms. The number of amides is 1. The fourth-order valence-electron chi connectivity index (χ4n) is 2.76. The highest BCUT2D eigenvalue weighted by molar-refractivity contribution is 5.93. The van der Waals surface area contributed by atoms with Crippen molar-refractivity contribution in [3.63, 3.8) is 0 Å². The van der Waals surface area contributed by atoms with Gasteiger partial charge in [0, 0.05) is 37.4 Å². The van der Waals surface area contributed by atoms with E-state index in [0.29, 0.717) is 24.5 Å². The van der Waals surface area contributed by atoms with Gasteiger partial charge in [0.25, 0.3) is 5.91 Å². The molecule has 0 aromatic carbocycles. The zero-order valence-electron chi connectivity index (χ0n) is 13.3. The lowest BCUT2D eigenvalue weighted by Gasteiger charge is -2.14. The van der Waals surface area contributed by atoms with E-state index in [0.717, 1.165) is 17.9 Å². The second-order valence-electron chi connectivity index (χ2n) is 5.94. The molecule has 7 nitrogen and oxygen atoms in total. The van der Waals surface area contributed by atoms with Crippen LogP contribution in [-0.4, -0.2) is 51.5 Å². The third kappa shape index (κ3) is 3.40. The van der Waals surface area contributed by atoms with Crippen molar-refractivity contribution in [2.75, 3.05) is 19.6 Å². The summed E-state index contributed by atoms with van der Waals surface area (Å²) < 4.78 is 1.75. The first-order valence-corrected chi connectivity index (χ1v) is 7.71. The quantitative estimate of drug-likeness (QED) is 0.749. The van der Waals surface area contributed by atoms with Crippen LogP contribution >= 0.6 is 0 Å². The Hall–Kier alpha value is -2.25. The number of nitrogens with one attached hydrogen (secondary N) is 2. The van der Waals surface area contributed by atoms with Crippen LogP contribution in [0, 0.1) is 19.8 Å². The lowest BCUT2D eigenvalue weighted by atomic mass is 10.1. The number of nitrogens with zero attached hydrogens (tertiary/aromatic N) is 3. The predicted octanol–water partition coefficient (Wildman–Crippen LogP) is 0.194. The Labute approximate surface area is 134 Å². The minimum absolute atomic E-state index is 0.0564. The average Bonchev–Trinajstić information content (AvgIpc) is 3.10. The monoisotopic (exact) mass is 315 g/mol. The van der Waals surface area contributed by atoms with E-state index in [4.69, 9.17) is 0 Å². The number of pyridine rings is 1. The van der Waals surface area contributed by atoms with Crippen LogP contribution < -0.4 is 10.6 Å². The van der Waals surface area contributed by atoms with Crippen molar-refractivity contribution in [1.29, 1.82) is 0 Å². The van der Waals surface area contributed by atoms with E-state index in [1.54, 1.807) is 23.0 Å². The van der Waals surface area contributed by atoms with Gasteiger partial charge in [-0.2, -0.15) is 5.10 Å². The van der Waals surface area contributed by atoms with Crippen LogP contribution in [0.25, 0.3) is 5.82 Å². The molecule has 1 fully saturated rings. The molecule has 2 aromatic rings. The molecule has 0 bridgehead atoms. The van der Waals surface area contributed by atoms with Gasteiger partial charge < -0.3 is 15.7 Å². The van der Waals surface area contributed by atoms with E-state index in [9.17, 15) is 9.90 Å². The van der Waals surface area contributed by atoms with Gasteiger partial charge in [0.05, 0.1) is 17.4 Å². The molecule has 0 aliphatic carbocycles. The smallest absolute Gasteiger partial charge is 0.252 e. The summed E-state index contributed by atoms with van der Waals surface area (Å²) in [5.41, 5.74) is 2.42. The molecule has 2 unspecified atom stereocenters. The van der Waals surface area contributed by atoms with Crippen LogP contribution in [0.1, 0.15) is 21.7 Å². The molecule has 3 N–H and O–H groups in total. The number of β-amino-alcohol motifs (C(OH)–C–C–N with tert-alkyl or cyclic N) is 1. The number of hydrogen-bond acceptors (Lipinski definition) is 5. The molecular formula is C16H21N5O2. The second kappa shape index (κ2) is 6.47. The van der Waals surface area contributed by atoms with E-state index in [-0.39, 0.29) is 11.8 Å². The lowest BCUT2D eigenvalue weighted by Crippen LogP contribution is -2.34. The molecule has 1 saturated heterocycles. The molecule has 2 aromatic heterocycles. The fraction of sp³-hybridized carbons (Fsp3) is 0.438. The van der Waals surface area contributed by atoms with Crippen LogP contribution in [0.5, 0.6) is 0 Å². The van der Waals surface area contributed by atoms with Crippen LogP contribution in [0.3, 0.4) is 0 Å². The number of aromatic nitrogens is 3. The van der Waals surface area contributed by atoms with Gasteiger partial charge >= 0.3 is 0 Å². The normalized spacial score (nSPS) is 20.7. The molecule has 3 heterocycles. The first-order chi connectivity index (χ1) is 11.0. The van der Waals surface area contributed by atoms with E-state index in [1.165, 1.54) is 0 Å². The highest BCUT2D eigenvalue weighted by atomic mass is 16.3. The summed E-state index contributed by atoms with van der Waals surface area (Å²) in [6.45, 7) is 5.64. The number of carbonyl (C=O) groups is 1. The predicted molar refractivity (Wildman–Crippen MR) is 85.5 cm³/mol. The first-order valence-electron chi connectivity index (χ1n) is 7.71. The zero-order valence-corrected chi connectivity index (χ0v) is 13.3. The first kappa shape index (κ1) is 15.6.